The number of pyridine rings is 2. The number of anilines is 3. The Balaban J connectivity index is 0.00000413. The molecular weight excluding hydrogens is 842 g/mol. The van der Waals surface area contributed by atoms with E-state index in [0.717, 1.165) is 62.0 Å². The van der Waals surface area contributed by atoms with Crippen LogP contribution in [0.15, 0.2) is 121 Å². The molecule has 5 aromatic carbocycles. The smallest absolute Gasteiger partial charge is 0.136 e. The standard InChI is InChI=1S/C49H42N3O.Pt/c1-29-17-19-36-37-20-18-30(2)25-41(37)49(40(36)24-29)38-14-11-16-43(53)45(38)46-39(49)21-22-44(51-46)52(47-31(3)26-34(27-32(47)4)48(5,6)7)35-13-10-12-33(28-35)42-15-8-9-23-50-42;/h8-27,53H,1-7H3;/q-1;. The summed E-state index contributed by atoms with van der Waals surface area (Å²) in [5.74, 6) is 0.990. The van der Waals surface area contributed by atoms with Gasteiger partial charge in [-0.3, -0.25) is 0 Å². The third kappa shape index (κ3) is 5.29. The Morgan fingerprint density at radius 1 is 0.667 bits per heavy atom. The van der Waals surface area contributed by atoms with Crippen molar-refractivity contribution in [2.24, 2.45) is 0 Å². The zero-order valence-corrected chi connectivity index (χ0v) is 33.9. The van der Waals surface area contributed by atoms with Gasteiger partial charge < -0.3 is 15.0 Å². The van der Waals surface area contributed by atoms with Crippen LogP contribution in [0.25, 0.3) is 33.6 Å². The van der Waals surface area contributed by atoms with Crippen LogP contribution in [0.4, 0.5) is 17.2 Å². The molecule has 2 heterocycles. The van der Waals surface area contributed by atoms with Crippen molar-refractivity contribution in [2.45, 2.75) is 59.3 Å². The Morgan fingerprint density at radius 3 is 1.96 bits per heavy atom. The van der Waals surface area contributed by atoms with Gasteiger partial charge in [-0.2, -0.15) is 0 Å². The predicted octanol–water partition coefficient (Wildman–Crippen LogP) is 12.0. The molecule has 5 heteroatoms. The fourth-order valence-electron chi connectivity index (χ4n) is 8.80. The topological polar surface area (TPSA) is 49.2 Å². The molecule has 0 unspecified atom stereocenters. The van der Waals surface area contributed by atoms with Gasteiger partial charge in [0.05, 0.1) is 16.8 Å². The van der Waals surface area contributed by atoms with Crippen molar-refractivity contribution < 1.29 is 26.2 Å². The maximum Gasteiger partial charge on any atom is 0.136 e. The Kier molecular flexibility index (Phi) is 8.54. The Labute approximate surface area is 332 Å². The largest absolute Gasteiger partial charge is 0.507 e. The molecule has 7 aromatic rings. The summed E-state index contributed by atoms with van der Waals surface area (Å²) in [7, 11) is 0. The molecule has 9 rings (SSSR count). The fraction of sp³-hybridized carbons (Fsp3) is 0.184. The molecule has 0 amide bonds. The number of hydrogen-bond donors (Lipinski definition) is 1. The summed E-state index contributed by atoms with van der Waals surface area (Å²) in [4.78, 5) is 12.5. The first-order valence-electron chi connectivity index (χ1n) is 18.4. The SMILES string of the molecule is Cc1ccc2c(c1)C1(c3cc(C)ccc3-2)c2ccc(N(c3[c-]c(-c4ccccn4)ccc3)c3c(C)cc(C(C)(C)C)cc3C)nc2-c2c(O)cccc21.[Pt]. The number of aryl methyl sites for hydroxylation is 4. The van der Waals surface area contributed by atoms with Crippen molar-refractivity contribution in [3.8, 4) is 39.4 Å². The Morgan fingerprint density at radius 2 is 1.33 bits per heavy atom. The Bertz CT molecular complexity index is 2550. The normalized spacial score (nSPS) is 13.2. The molecule has 0 bridgehead atoms. The van der Waals surface area contributed by atoms with E-state index >= 15 is 0 Å². The van der Waals surface area contributed by atoms with Crippen LogP contribution in [0, 0.1) is 33.8 Å². The minimum atomic E-state index is -0.617. The first-order chi connectivity index (χ1) is 25.5. The van der Waals surface area contributed by atoms with Crippen molar-refractivity contribution >= 4 is 17.2 Å². The van der Waals surface area contributed by atoms with Crippen molar-refractivity contribution in [1.29, 1.82) is 0 Å². The Hall–Kier alpha value is -5.31. The third-order valence-corrected chi connectivity index (χ3v) is 11.2. The van der Waals surface area contributed by atoms with Crippen LogP contribution in [-0.4, -0.2) is 15.1 Å². The molecule has 2 aliphatic carbocycles. The molecule has 2 aromatic heterocycles. The summed E-state index contributed by atoms with van der Waals surface area (Å²) in [5, 5.41) is 11.8. The first kappa shape index (κ1) is 35.7. The molecule has 1 N–H and O–H groups in total. The second-order valence-electron chi connectivity index (χ2n) is 15.8. The van der Waals surface area contributed by atoms with Gasteiger partial charge in [0.2, 0.25) is 0 Å². The molecule has 4 nitrogen and oxygen atoms in total. The second-order valence-corrected chi connectivity index (χ2v) is 15.8. The summed E-state index contributed by atoms with van der Waals surface area (Å²) in [5.41, 5.74) is 17.7. The third-order valence-electron chi connectivity index (χ3n) is 11.2. The molecule has 0 saturated heterocycles. The number of benzene rings is 5. The van der Waals surface area contributed by atoms with Gasteiger partial charge in [-0.25, -0.2) is 4.98 Å². The summed E-state index contributed by atoms with van der Waals surface area (Å²) in [6, 6.07) is 44.4. The number of phenols is 1. The minimum absolute atomic E-state index is 0. The van der Waals surface area contributed by atoms with Gasteiger partial charge in [0.1, 0.15) is 11.6 Å². The van der Waals surface area contributed by atoms with Gasteiger partial charge in [0.15, 0.2) is 0 Å². The number of hydrogen-bond acceptors (Lipinski definition) is 4. The zero-order chi connectivity index (χ0) is 36.8. The van der Waals surface area contributed by atoms with E-state index in [2.05, 4.69) is 149 Å². The van der Waals surface area contributed by atoms with E-state index in [1.165, 1.54) is 38.9 Å². The van der Waals surface area contributed by atoms with Gasteiger partial charge in [0, 0.05) is 32.8 Å². The number of phenolic OH excluding ortho intramolecular Hbond substituents is 1. The summed E-state index contributed by atoms with van der Waals surface area (Å²) >= 11 is 0. The van der Waals surface area contributed by atoms with Crippen LogP contribution in [0.3, 0.4) is 0 Å². The number of aromatic hydroxyl groups is 1. The molecule has 0 atom stereocenters. The predicted molar refractivity (Wildman–Crippen MR) is 217 cm³/mol. The average molecular weight is 884 g/mol. The van der Waals surface area contributed by atoms with Crippen LogP contribution in [0.1, 0.15) is 70.8 Å². The minimum Gasteiger partial charge on any atom is -0.507 e. The average Bonchev–Trinajstić information content (AvgIpc) is 3.59. The number of nitrogens with zero attached hydrogens (tertiary/aromatic N) is 3. The van der Waals surface area contributed by atoms with Crippen molar-refractivity contribution in [1.82, 2.24) is 9.97 Å². The number of rotatable bonds is 4. The molecule has 2 aliphatic rings. The van der Waals surface area contributed by atoms with E-state index < -0.39 is 5.41 Å². The second kappa shape index (κ2) is 12.9. The van der Waals surface area contributed by atoms with Crippen LogP contribution in [-0.2, 0) is 31.9 Å². The molecule has 0 saturated carbocycles. The quantitative estimate of drug-likeness (QED) is 0.179. The molecule has 270 valence electrons. The van der Waals surface area contributed by atoms with Gasteiger partial charge in [-0.05, 0) is 113 Å². The van der Waals surface area contributed by atoms with E-state index in [-0.39, 0.29) is 32.2 Å². The fourth-order valence-corrected chi connectivity index (χ4v) is 8.80. The molecule has 1 spiro atoms. The van der Waals surface area contributed by atoms with Crippen LogP contribution in [0.2, 0.25) is 0 Å². The summed E-state index contributed by atoms with van der Waals surface area (Å²) < 4.78 is 0. The maximum atomic E-state index is 11.8. The zero-order valence-electron chi connectivity index (χ0n) is 31.7. The van der Waals surface area contributed by atoms with Gasteiger partial charge in [0.25, 0.3) is 0 Å². The molecule has 54 heavy (non-hydrogen) atoms. The van der Waals surface area contributed by atoms with Crippen LogP contribution in [0.5, 0.6) is 5.75 Å². The first-order valence-corrected chi connectivity index (χ1v) is 18.4. The van der Waals surface area contributed by atoms with Gasteiger partial charge in [-0.15, -0.1) is 29.8 Å². The van der Waals surface area contributed by atoms with E-state index in [1.807, 2.05) is 30.5 Å². The van der Waals surface area contributed by atoms with Crippen molar-refractivity contribution in [2.75, 3.05) is 4.90 Å². The van der Waals surface area contributed by atoms with E-state index in [0.29, 0.717) is 0 Å². The van der Waals surface area contributed by atoms with E-state index in [1.54, 1.807) is 6.07 Å². The molecular formula is C49H42N3OPt-. The number of fused-ring (bicyclic) bond motifs is 10. The van der Waals surface area contributed by atoms with Crippen LogP contribution >= 0.6 is 0 Å². The number of aromatic nitrogens is 2. The summed E-state index contributed by atoms with van der Waals surface area (Å²) in [6.45, 7) is 15.5. The van der Waals surface area contributed by atoms with Gasteiger partial charge >= 0.3 is 0 Å². The van der Waals surface area contributed by atoms with E-state index in [4.69, 9.17) is 4.98 Å². The van der Waals surface area contributed by atoms with Crippen LogP contribution < -0.4 is 4.90 Å². The maximum absolute atomic E-state index is 11.8. The van der Waals surface area contributed by atoms with Crippen molar-refractivity contribution in [3.05, 3.63) is 178 Å². The van der Waals surface area contributed by atoms with Crippen molar-refractivity contribution in [3.63, 3.8) is 0 Å². The molecule has 0 aliphatic heterocycles. The molecule has 0 fully saturated rings. The summed E-state index contributed by atoms with van der Waals surface area (Å²) in [6.07, 6.45) is 1.82. The van der Waals surface area contributed by atoms with Gasteiger partial charge in [-0.1, -0.05) is 111 Å². The van der Waals surface area contributed by atoms with E-state index in [9.17, 15) is 5.11 Å². The monoisotopic (exact) mass is 883 g/mol. The molecule has 0 radical (unpaired) electrons.